The third kappa shape index (κ3) is 3.39. The first kappa shape index (κ1) is 13.9. The molecule has 0 saturated heterocycles. The first-order valence-corrected chi connectivity index (χ1v) is 6.79. The Morgan fingerprint density at radius 2 is 2.29 bits per heavy atom. The monoisotopic (exact) mass is 257 g/mol. The van der Waals surface area contributed by atoms with Gasteiger partial charge in [0.05, 0.1) is 5.69 Å². The molecule has 1 unspecified atom stereocenters. The largest absolute Gasteiger partial charge is 0.477 e. The highest BCUT2D eigenvalue weighted by Crippen LogP contribution is 2.19. The van der Waals surface area contributed by atoms with E-state index in [9.17, 15) is 4.79 Å². The minimum atomic E-state index is -0.934. The van der Waals surface area contributed by atoms with Gasteiger partial charge in [-0.2, -0.15) is 16.9 Å². The van der Waals surface area contributed by atoms with Gasteiger partial charge in [0.1, 0.15) is 11.4 Å². The average Bonchev–Trinajstić information content (AvgIpc) is 2.53. The van der Waals surface area contributed by atoms with E-state index >= 15 is 0 Å². The number of aryl methyl sites for hydroxylation is 2. The molecule has 0 amide bonds. The molecule has 0 saturated carbocycles. The van der Waals surface area contributed by atoms with Crippen LogP contribution in [-0.2, 0) is 7.05 Å². The smallest absolute Gasteiger partial charge is 0.341 e. The third-order valence-corrected chi connectivity index (χ3v) is 3.72. The predicted octanol–water partition coefficient (Wildman–Crippen LogP) is 1.98. The van der Waals surface area contributed by atoms with Gasteiger partial charge < -0.3 is 10.4 Å². The van der Waals surface area contributed by atoms with Crippen molar-refractivity contribution in [2.75, 3.05) is 18.1 Å². The van der Waals surface area contributed by atoms with Gasteiger partial charge in [0.15, 0.2) is 0 Å². The van der Waals surface area contributed by atoms with Crippen LogP contribution in [0.4, 0.5) is 5.82 Å². The van der Waals surface area contributed by atoms with E-state index in [1.165, 1.54) is 0 Å². The van der Waals surface area contributed by atoms with Gasteiger partial charge in [-0.25, -0.2) is 4.79 Å². The average molecular weight is 257 g/mol. The van der Waals surface area contributed by atoms with Crippen molar-refractivity contribution in [1.82, 2.24) is 9.78 Å². The Kier molecular flexibility index (Phi) is 4.86. The summed E-state index contributed by atoms with van der Waals surface area (Å²) in [5.41, 5.74) is 0.810. The molecule has 0 radical (unpaired) electrons. The molecule has 1 heterocycles. The zero-order valence-electron chi connectivity index (χ0n) is 10.6. The number of anilines is 1. The molecule has 1 aromatic heterocycles. The van der Waals surface area contributed by atoms with Crippen LogP contribution in [0.15, 0.2) is 0 Å². The van der Waals surface area contributed by atoms with Gasteiger partial charge in [0.25, 0.3) is 0 Å². The topological polar surface area (TPSA) is 67.2 Å². The van der Waals surface area contributed by atoms with Crippen molar-refractivity contribution in [3.8, 4) is 0 Å². The molecule has 17 heavy (non-hydrogen) atoms. The Balaban J connectivity index is 2.73. The van der Waals surface area contributed by atoms with Crippen LogP contribution in [0, 0.1) is 6.92 Å². The fourth-order valence-electron chi connectivity index (χ4n) is 1.63. The van der Waals surface area contributed by atoms with Crippen molar-refractivity contribution in [2.24, 2.45) is 7.05 Å². The van der Waals surface area contributed by atoms with Gasteiger partial charge in [-0.15, -0.1) is 0 Å². The van der Waals surface area contributed by atoms with Crippen molar-refractivity contribution in [3.63, 3.8) is 0 Å². The summed E-state index contributed by atoms with van der Waals surface area (Å²) in [6.07, 6.45) is 3.06. The Labute approximate surface area is 106 Å². The highest BCUT2D eigenvalue weighted by atomic mass is 32.2. The molecule has 0 bridgehead atoms. The van der Waals surface area contributed by atoms with Crippen LogP contribution >= 0.6 is 11.8 Å². The lowest BCUT2D eigenvalue weighted by atomic mass is 10.2. The number of hydrogen-bond acceptors (Lipinski definition) is 4. The van der Waals surface area contributed by atoms with Crippen LogP contribution in [-0.4, -0.2) is 38.9 Å². The second-order valence-electron chi connectivity index (χ2n) is 4.00. The molecule has 0 aliphatic rings. The van der Waals surface area contributed by atoms with Crippen molar-refractivity contribution in [3.05, 3.63) is 11.3 Å². The minimum absolute atomic E-state index is 0.268. The fourth-order valence-corrected chi connectivity index (χ4v) is 1.98. The standard InChI is InChI=1S/C11H19N3O2S/c1-7(17-4)5-6-12-10-9(11(15)16)8(2)13-14(10)3/h7,12H,5-6H2,1-4H3,(H,15,16). The SMILES string of the molecule is CSC(C)CCNc1c(C(=O)O)c(C)nn1C. The lowest BCUT2D eigenvalue weighted by Crippen LogP contribution is -2.13. The van der Waals surface area contributed by atoms with Gasteiger partial charge in [0, 0.05) is 18.8 Å². The number of aromatic carboxylic acids is 1. The number of carbonyl (C=O) groups is 1. The van der Waals surface area contributed by atoms with E-state index in [-0.39, 0.29) is 5.56 Å². The number of hydrogen-bond donors (Lipinski definition) is 2. The summed E-state index contributed by atoms with van der Waals surface area (Å²) in [6, 6.07) is 0. The van der Waals surface area contributed by atoms with Crippen molar-refractivity contribution < 1.29 is 9.90 Å². The maximum atomic E-state index is 11.1. The minimum Gasteiger partial charge on any atom is -0.477 e. The highest BCUT2D eigenvalue weighted by molar-refractivity contribution is 7.99. The molecule has 0 fully saturated rings. The quantitative estimate of drug-likeness (QED) is 0.815. The molecule has 0 aliphatic carbocycles. The van der Waals surface area contributed by atoms with Crippen LogP contribution in [0.2, 0.25) is 0 Å². The summed E-state index contributed by atoms with van der Waals surface area (Å²) in [5, 5.41) is 17.0. The number of carboxylic acid groups (broad SMARTS) is 1. The second-order valence-corrected chi connectivity index (χ2v) is 5.28. The normalized spacial score (nSPS) is 12.5. The molecule has 5 nitrogen and oxygen atoms in total. The van der Waals surface area contributed by atoms with E-state index in [0.717, 1.165) is 13.0 Å². The predicted molar refractivity (Wildman–Crippen MR) is 71.0 cm³/mol. The van der Waals surface area contributed by atoms with Crippen LogP contribution < -0.4 is 5.32 Å². The first-order valence-electron chi connectivity index (χ1n) is 5.51. The first-order chi connectivity index (χ1) is 7.97. The zero-order valence-corrected chi connectivity index (χ0v) is 11.5. The summed E-state index contributed by atoms with van der Waals surface area (Å²) in [7, 11) is 1.75. The summed E-state index contributed by atoms with van der Waals surface area (Å²) < 4.78 is 1.59. The van der Waals surface area contributed by atoms with E-state index < -0.39 is 5.97 Å². The Morgan fingerprint density at radius 3 is 2.82 bits per heavy atom. The number of carboxylic acids is 1. The molecule has 0 spiro atoms. The maximum absolute atomic E-state index is 11.1. The van der Waals surface area contributed by atoms with E-state index in [2.05, 4.69) is 23.6 Å². The van der Waals surface area contributed by atoms with E-state index in [4.69, 9.17) is 5.11 Å². The Bertz CT molecular complexity index is 404. The number of thioether (sulfide) groups is 1. The number of nitrogens with zero attached hydrogens (tertiary/aromatic N) is 2. The molecular weight excluding hydrogens is 238 g/mol. The lowest BCUT2D eigenvalue weighted by Gasteiger charge is -2.11. The van der Waals surface area contributed by atoms with E-state index in [1.807, 2.05) is 0 Å². The number of nitrogens with one attached hydrogen (secondary N) is 1. The molecular formula is C11H19N3O2S. The Morgan fingerprint density at radius 1 is 1.65 bits per heavy atom. The summed E-state index contributed by atoms with van der Waals surface area (Å²) in [5.74, 6) is -0.348. The van der Waals surface area contributed by atoms with Gasteiger partial charge >= 0.3 is 5.97 Å². The molecule has 6 heteroatoms. The van der Waals surface area contributed by atoms with Gasteiger partial charge in [-0.05, 0) is 19.6 Å². The number of aromatic nitrogens is 2. The molecule has 1 rings (SSSR count). The van der Waals surface area contributed by atoms with Crippen molar-refractivity contribution >= 4 is 23.5 Å². The van der Waals surface area contributed by atoms with Crippen molar-refractivity contribution in [1.29, 1.82) is 0 Å². The molecule has 1 aromatic rings. The maximum Gasteiger partial charge on any atom is 0.341 e. The summed E-state index contributed by atoms with van der Waals surface area (Å²) in [4.78, 5) is 11.1. The van der Waals surface area contributed by atoms with Gasteiger partial charge in [-0.1, -0.05) is 6.92 Å². The second kappa shape index (κ2) is 5.95. The molecule has 0 aliphatic heterocycles. The highest BCUT2D eigenvalue weighted by Gasteiger charge is 2.19. The molecule has 96 valence electrons. The van der Waals surface area contributed by atoms with Gasteiger partial charge in [0.2, 0.25) is 0 Å². The molecule has 2 N–H and O–H groups in total. The Hall–Kier alpha value is -1.17. The van der Waals surface area contributed by atoms with Crippen LogP contribution in [0.25, 0.3) is 0 Å². The number of rotatable bonds is 6. The molecule has 1 atom stereocenters. The summed E-state index contributed by atoms with van der Waals surface area (Å²) in [6.45, 7) is 4.61. The fraction of sp³-hybridized carbons (Fsp3) is 0.636. The van der Waals surface area contributed by atoms with E-state index in [1.54, 1.807) is 30.4 Å². The summed E-state index contributed by atoms with van der Waals surface area (Å²) >= 11 is 1.80. The van der Waals surface area contributed by atoms with E-state index in [0.29, 0.717) is 16.8 Å². The van der Waals surface area contributed by atoms with Gasteiger partial charge in [-0.3, -0.25) is 4.68 Å². The zero-order chi connectivity index (χ0) is 13.0. The lowest BCUT2D eigenvalue weighted by molar-refractivity contribution is 0.0697. The van der Waals surface area contributed by atoms with Crippen LogP contribution in [0.3, 0.4) is 0 Å². The van der Waals surface area contributed by atoms with Crippen molar-refractivity contribution in [2.45, 2.75) is 25.5 Å². The van der Waals surface area contributed by atoms with Crippen LogP contribution in [0.5, 0.6) is 0 Å². The third-order valence-electron chi connectivity index (χ3n) is 2.68. The van der Waals surface area contributed by atoms with Crippen LogP contribution in [0.1, 0.15) is 29.4 Å². The molecule has 0 aromatic carbocycles.